The predicted molar refractivity (Wildman–Crippen MR) is 141 cm³/mol. The molecular formula is C22H30BrIN4O. The number of pyridine rings is 1. The minimum atomic E-state index is -0.245. The van der Waals surface area contributed by atoms with Crippen molar-refractivity contribution in [1.82, 2.24) is 10.3 Å². The van der Waals surface area contributed by atoms with Gasteiger partial charge in [-0.3, -0.25) is 9.98 Å². The average Bonchev–Trinajstić information content (AvgIpc) is 2.71. The van der Waals surface area contributed by atoms with E-state index in [9.17, 15) is 4.79 Å². The van der Waals surface area contributed by atoms with Crippen molar-refractivity contribution in [2.45, 2.75) is 33.1 Å². The fraction of sp³-hybridized carbons (Fsp3) is 0.364. The third-order valence-electron chi connectivity index (χ3n) is 3.93. The second kappa shape index (κ2) is 15.3. The molecule has 0 radical (unpaired) electrons. The van der Waals surface area contributed by atoms with Crippen molar-refractivity contribution in [2.75, 3.05) is 21.6 Å². The van der Waals surface area contributed by atoms with Gasteiger partial charge in [0.05, 0.1) is 11.4 Å². The highest BCUT2D eigenvalue weighted by Crippen LogP contribution is 2.29. The van der Waals surface area contributed by atoms with E-state index in [0.29, 0.717) is 23.6 Å². The number of carbonyl (C=O) groups is 1. The number of rotatable bonds is 12. The van der Waals surface area contributed by atoms with Crippen molar-refractivity contribution in [3.05, 3.63) is 47.8 Å². The van der Waals surface area contributed by atoms with Crippen LogP contribution in [0.2, 0.25) is 0 Å². The first kappa shape index (κ1) is 25.4. The van der Waals surface area contributed by atoms with E-state index < -0.39 is 0 Å². The monoisotopic (exact) mass is 572 g/mol. The molecule has 2 amide bonds. The van der Waals surface area contributed by atoms with Gasteiger partial charge in [0.15, 0.2) is 0 Å². The number of hydrogen-bond donors (Lipinski definition) is 2. The molecular weight excluding hydrogens is 543 g/mol. The van der Waals surface area contributed by atoms with Crippen LogP contribution in [0.1, 0.15) is 38.8 Å². The number of amides is 2. The standard InChI is InChI=1S/C22H30BrIN4O/c1-5-11-24-12-9-17(2)8-6-7-13-27-22(29)28-19-10-14-26-20(21(19)25-4)15-18(3)16-23/h5,9-11,14-15H,1,4,6-8,12-13,16H2,2-3H3,(H2,26,27,28,29)/b17-9+,18-15+. The van der Waals surface area contributed by atoms with Crippen LogP contribution in [0.3, 0.4) is 0 Å². The summed E-state index contributed by atoms with van der Waals surface area (Å²) in [4.78, 5) is 20.6. The largest absolute Gasteiger partial charge is 0.338 e. The zero-order chi connectivity index (χ0) is 21.5. The van der Waals surface area contributed by atoms with Gasteiger partial charge in [-0.15, -0.1) is 20.7 Å². The average molecular weight is 573 g/mol. The summed E-state index contributed by atoms with van der Waals surface area (Å²) in [6.45, 7) is 12.1. The quantitative estimate of drug-likeness (QED) is 0.0999. The van der Waals surface area contributed by atoms with Crippen molar-refractivity contribution in [2.24, 2.45) is 4.99 Å². The number of allylic oxidation sites excluding steroid dienone is 4. The summed E-state index contributed by atoms with van der Waals surface area (Å²) in [5.41, 5.74) is 4.38. The van der Waals surface area contributed by atoms with E-state index in [0.717, 1.165) is 34.6 Å². The Kier molecular flexibility index (Phi) is 13.4. The van der Waals surface area contributed by atoms with Crippen molar-refractivity contribution >= 4 is 70.9 Å². The summed E-state index contributed by atoms with van der Waals surface area (Å²) in [6.07, 6.45) is 10.9. The van der Waals surface area contributed by atoms with E-state index in [1.807, 2.05) is 19.1 Å². The van der Waals surface area contributed by atoms with Crippen LogP contribution in [0.4, 0.5) is 16.2 Å². The van der Waals surface area contributed by atoms with Gasteiger partial charge in [0, 0.05) is 22.5 Å². The van der Waals surface area contributed by atoms with Crippen LogP contribution in [-0.2, 0) is 0 Å². The molecule has 0 aliphatic rings. The molecule has 1 heterocycles. The summed E-state index contributed by atoms with van der Waals surface area (Å²) >= 11 is 3.53. The molecule has 0 aliphatic carbocycles. The van der Waals surface area contributed by atoms with Gasteiger partial charge in [0.2, 0.25) is 0 Å². The van der Waals surface area contributed by atoms with Crippen LogP contribution >= 0.6 is 36.7 Å². The normalized spacial score (nSPS) is 12.4. The molecule has 0 saturated heterocycles. The van der Waals surface area contributed by atoms with Gasteiger partial charge >= 0.3 is 6.03 Å². The number of anilines is 1. The highest BCUT2D eigenvalue weighted by Gasteiger charge is 2.10. The minimum absolute atomic E-state index is 0.114. The number of unbranched alkanes of at least 4 members (excludes halogenated alkanes) is 1. The van der Waals surface area contributed by atoms with Gasteiger partial charge in [-0.2, -0.15) is 0 Å². The van der Waals surface area contributed by atoms with E-state index in [-0.39, 0.29) is 26.8 Å². The highest BCUT2D eigenvalue weighted by atomic mass is 127. The Morgan fingerprint density at radius 3 is 2.83 bits per heavy atom. The van der Waals surface area contributed by atoms with Gasteiger partial charge in [-0.05, 0) is 56.0 Å². The first-order valence-corrected chi connectivity index (χ1v) is 13.3. The Labute approximate surface area is 192 Å². The van der Waals surface area contributed by atoms with E-state index in [1.54, 1.807) is 12.3 Å². The summed E-state index contributed by atoms with van der Waals surface area (Å²) in [5, 5.41) is 6.49. The third-order valence-corrected chi connectivity index (χ3v) is 6.78. The van der Waals surface area contributed by atoms with E-state index in [4.69, 9.17) is 0 Å². The van der Waals surface area contributed by atoms with E-state index >= 15 is 0 Å². The number of nitrogens with one attached hydrogen (secondary N) is 2. The molecule has 0 bridgehead atoms. The van der Waals surface area contributed by atoms with Crippen LogP contribution < -0.4 is 10.6 Å². The predicted octanol–water partition coefficient (Wildman–Crippen LogP) is 6.41. The van der Waals surface area contributed by atoms with E-state index in [2.05, 4.69) is 66.8 Å². The first-order valence-electron chi connectivity index (χ1n) is 9.43. The fourth-order valence-electron chi connectivity index (χ4n) is 2.40. The van der Waals surface area contributed by atoms with E-state index in [1.165, 1.54) is 5.57 Å². The molecule has 0 unspecified atom stereocenters. The zero-order valence-electron chi connectivity index (χ0n) is 17.2. The molecule has 29 heavy (non-hydrogen) atoms. The molecule has 5 nitrogen and oxygen atoms in total. The molecule has 0 spiro atoms. The van der Waals surface area contributed by atoms with Gasteiger partial charge < -0.3 is 10.6 Å². The van der Waals surface area contributed by atoms with Crippen LogP contribution in [0.15, 0.2) is 47.1 Å². The molecule has 1 aromatic heterocycles. The van der Waals surface area contributed by atoms with Crippen molar-refractivity contribution < 1.29 is 4.79 Å². The Hall–Kier alpha value is -1.61. The lowest BCUT2D eigenvalue weighted by Crippen LogP contribution is -2.29. The molecule has 0 aliphatic heterocycles. The van der Waals surface area contributed by atoms with Crippen LogP contribution in [0.5, 0.6) is 0 Å². The molecule has 2 N–H and O–H groups in total. The van der Waals surface area contributed by atoms with Crippen LogP contribution in [0, 0.1) is 0 Å². The first-order chi connectivity index (χ1) is 14.0. The molecule has 0 aromatic carbocycles. The zero-order valence-corrected chi connectivity index (χ0v) is 20.9. The number of carbonyl (C=O) groups excluding carboxylic acids is 1. The second-order valence-electron chi connectivity index (χ2n) is 6.43. The lowest BCUT2D eigenvalue weighted by molar-refractivity contribution is 0.252. The fourth-order valence-corrected chi connectivity index (χ4v) is 4.23. The lowest BCUT2D eigenvalue weighted by Gasteiger charge is -2.11. The molecule has 158 valence electrons. The lowest BCUT2D eigenvalue weighted by atomic mass is 10.1. The summed E-state index contributed by atoms with van der Waals surface area (Å²) in [6, 6.07) is 1.48. The van der Waals surface area contributed by atoms with Crippen LogP contribution in [-0.4, -0.2) is 38.0 Å². The number of halogens is 2. The number of aromatic nitrogens is 1. The minimum Gasteiger partial charge on any atom is -0.338 e. The smallest absolute Gasteiger partial charge is 0.319 e. The summed E-state index contributed by atoms with van der Waals surface area (Å²) in [5.74, 6) is 0. The Balaban J connectivity index is 2.47. The Morgan fingerprint density at radius 1 is 1.34 bits per heavy atom. The second-order valence-corrected chi connectivity index (χ2v) is 9.48. The van der Waals surface area contributed by atoms with Gasteiger partial charge in [0.25, 0.3) is 0 Å². The number of alkyl halides is 2. The summed E-state index contributed by atoms with van der Waals surface area (Å²) in [7, 11) is 0. The number of hydrogen-bond acceptors (Lipinski definition) is 3. The van der Waals surface area contributed by atoms with Crippen LogP contribution in [0.25, 0.3) is 6.08 Å². The Bertz CT molecular complexity index is 787. The van der Waals surface area contributed by atoms with Crippen molar-refractivity contribution in [3.8, 4) is 0 Å². The number of aliphatic imine (C=N–C) groups is 1. The molecule has 1 aromatic rings. The van der Waals surface area contributed by atoms with Gasteiger partial charge in [-0.25, -0.2) is 4.79 Å². The molecule has 0 atom stereocenters. The molecule has 0 fully saturated rings. The maximum atomic E-state index is 12.2. The topological polar surface area (TPSA) is 66.4 Å². The maximum Gasteiger partial charge on any atom is 0.319 e. The van der Waals surface area contributed by atoms with Crippen molar-refractivity contribution in [1.29, 1.82) is 0 Å². The summed E-state index contributed by atoms with van der Waals surface area (Å²) < 4.78 is 3.35. The molecule has 1 rings (SSSR count). The Morgan fingerprint density at radius 2 is 2.14 bits per heavy atom. The SMILES string of the molecule is C=CC=IC/C=C(\C)CCCCNC(=O)Nc1ccnc(/C=C(\C)CBr)c1N=C. The molecule has 7 heteroatoms. The van der Waals surface area contributed by atoms with Gasteiger partial charge in [-0.1, -0.05) is 45.8 Å². The van der Waals surface area contributed by atoms with Crippen molar-refractivity contribution in [3.63, 3.8) is 0 Å². The number of urea groups is 1. The van der Waals surface area contributed by atoms with Gasteiger partial charge in [0.1, 0.15) is 5.69 Å². The number of nitrogens with zero attached hydrogens (tertiary/aromatic N) is 2. The highest BCUT2D eigenvalue weighted by molar-refractivity contribution is 14.2. The molecule has 0 saturated carbocycles. The third kappa shape index (κ3) is 10.7. The maximum absolute atomic E-state index is 12.2.